The van der Waals surface area contributed by atoms with Gasteiger partial charge in [0.2, 0.25) is 0 Å². The van der Waals surface area contributed by atoms with Crippen LogP contribution in [0.3, 0.4) is 0 Å². The summed E-state index contributed by atoms with van der Waals surface area (Å²) in [4.78, 5) is 75.5. The first-order valence-electron chi connectivity index (χ1n) is 22.2. The quantitative estimate of drug-likeness (QED) is 0.0339. The predicted molar refractivity (Wildman–Crippen MR) is 250 cm³/mol. The van der Waals surface area contributed by atoms with E-state index in [2.05, 4.69) is 37.4 Å². The van der Waals surface area contributed by atoms with Crippen LogP contribution < -0.4 is 9.47 Å². The molecule has 68 heavy (non-hydrogen) atoms. The van der Waals surface area contributed by atoms with Gasteiger partial charge in [-0.2, -0.15) is 0 Å². The minimum atomic E-state index is -1.28. The van der Waals surface area contributed by atoms with Crippen molar-refractivity contribution in [1.29, 1.82) is 0 Å². The number of aromatic carboxylic acids is 1. The number of allylic oxidation sites excluding steroid dienone is 3. The lowest BCUT2D eigenvalue weighted by Crippen LogP contribution is -2.37. The highest BCUT2D eigenvalue weighted by Gasteiger charge is 2.52. The number of hydrogen-bond acceptors (Lipinski definition) is 11. The summed E-state index contributed by atoms with van der Waals surface area (Å²) in [6, 6.07) is 32.1. The number of ketones is 1. The highest BCUT2D eigenvalue weighted by molar-refractivity contribution is 6.02. The van der Waals surface area contributed by atoms with Gasteiger partial charge in [-0.25, -0.2) is 14.4 Å². The van der Waals surface area contributed by atoms with Crippen LogP contribution >= 0.6 is 0 Å². The first kappa shape index (κ1) is 46.5. The van der Waals surface area contributed by atoms with Crippen LogP contribution in [0.2, 0.25) is 0 Å². The summed E-state index contributed by atoms with van der Waals surface area (Å²) < 4.78 is 29.7. The Morgan fingerprint density at radius 2 is 1.22 bits per heavy atom. The van der Waals surface area contributed by atoms with Crippen LogP contribution in [0.4, 0.5) is 0 Å². The Hall–Kier alpha value is -8.06. The predicted octanol–water partition coefficient (Wildman–Crippen LogP) is 8.86. The molecule has 3 aliphatic carbocycles. The number of esters is 3. The Morgan fingerprint density at radius 3 is 1.79 bits per heavy atom. The smallest absolute Gasteiger partial charge is 0.339 e. The lowest BCUT2D eigenvalue weighted by atomic mass is 9.70. The van der Waals surface area contributed by atoms with E-state index in [1.165, 1.54) is 18.2 Å². The van der Waals surface area contributed by atoms with Gasteiger partial charge in [0.05, 0.1) is 28.4 Å². The Morgan fingerprint density at radius 1 is 0.647 bits per heavy atom. The van der Waals surface area contributed by atoms with Crippen molar-refractivity contribution >= 4 is 35.6 Å². The molecule has 2 N–H and O–H groups in total. The fourth-order valence-electron chi connectivity index (χ4n) is 9.41. The van der Waals surface area contributed by atoms with Gasteiger partial charge in [-0.05, 0) is 113 Å². The van der Waals surface area contributed by atoms with E-state index < -0.39 is 59.3 Å². The molecule has 5 aromatic rings. The van der Waals surface area contributed by atoms with E-state index >= 15 is 0 Å². The molecule has 5 aromatic carbocycles. The molecule has 13 heteroatoms. The summed E-state index contributed by atoms with van der Waals surface area (Å²) >= 11 is 0. The third-order valence-corrected chi connectivity index (χ3v) is 12.7. The highest BCUT2D eigenvalue weighted by Crippen LogP contribution is 2.63. The summed E-state index contributed by atoms with van der Waals surface area (Å²) in [6.45, 7) is 7.96. The molecule has 1 spiro atoms. The van der Waals surface area contributed by atoms with Crippen molar-refractivity contribution in [1.82, 2.24) is 0 Å². The molecule has 3 aliphatic rings. The van der Waals surface area contributed by atoms with Gasteiger partial charge < -0.3 is 33.9 Å². The zero-order valence-electron chi connectivity index (χ0n) is 37.2. The average molecular weight is 917 g/mol. The Labute approximate surface area is 392 Å². The fraction of sp³-hybridized carbons (Fsp3) is 0.236. The number of benzene rings is 5. The molecule has 0 saturated heterocycles. The Bertz CT molecular complexity index is 2880. The van der Waals surface area contributed by atoms with Crippen LogP contribution in [0.1, 0.15) is 74.2 Å². The molecular formula is C55H48O13. The molecular weight excluding hydrogens is 869 g/mol. The van der Waals surface area contributed by atoms with Crippen molar-refractivity contribution in [2.45, 2.75) is 50.2 Å². The minimum Gasteiger partial charge on any atom is -0.490 e. The van der Waals surface area contributed by atoms with Crippen molar-refractivity contribution in [2.75, 3.05) is 19.8 Å². The molecule has 0 radical (unpaired) electrons. The number of fused-ring (bicyclic) bond motifs is 10. The number of rotatable bonds is 19. The Kier molecular flexibility index (Phi) is 13.5. The molecule has 0 aliphatic heterocycles. The molecule has 8 rings (SSSR count). The molecule has 346 valence electrons. The molecule has 0 fully saturated rings. The third kappa shape index (κ3) is 9.07. The van der Waals surface area contributed by atoms with Gasteiger partial charge in [-0.3, -0.25) is 14.4 Å². The lowest BCUT2D eigenvalue weighted by Gasteiger charge is -2.31. The van der Waals surface area contributed by atoms with E-state index in [4.69, 9.17) is 23.7 Å². The molecule has 0 bridgehead atoms. The van der Waals surface area contributed by atoms with Gasteiger partial charge in [-0.1, -0.05) is 97.6 Å². The van der Waals surface area contributed by atoms with Crippen molar-refractivity contribution in [3.63, 3.8) is 0 Å². The molecule has 0 saturated carbocycles. The zero-order valence-corrected chi connectivity index (χ0v) is 37.2. The summed E-state index contributed by atoms with van der Waals surface area (Å²) in [5.74, 6) is -6.00. The van der Waals surface area contributed by atoms with Crippen molar-refractivity contribution in [2.24, 2.45) is 11.8 Å². The second kappa shape index (κ2) is 19.8. The molecule has 5 atom stereocenters. The fourth-order valence-corrected chi connectivity index (χ4v) is 9.41. The van der Waals surface area contributed by atoms with Crippen LogP contribution in [0, 0.1) is 18.8 Å². The van der Waals surface area contributed by atoms with E-state index in [1.54, 1.807) is 25.1 Å². The molecule has 0 heterocycles. The van der Waals surface area contributed by atoms with Crippen molar-refractivity contribution in [3.05, 3.63) is 180 Å². The van der Waals surface area contributed by atoms with E-state index in [0.717, 1.165) is 50.6 Å². The lowest BCUT2D eigenvalue weighted by molar-refractivity contribution is -0.167. The summed E-state index contributed by atoms with van der Waals surface area (Å²) in [5, 5.41) is 19.6. The van der Waals surface area contributed by atoms with Gasteiger partial charge in [0, 0.05) is 12.5 Å². The third-order valence-electron chi connectivity index (χ3n) is 12.7. The normalized spacial score (nSPS) is 17.8. The van der Waals surface area contributed by atoms with Crippen LogP contribution in [0.5, 0.6) is 11.5 Å². The molecule has 0 amide bonds. The molecule has 0 aromatic heterocycles. The number of aliphatic carboxylic acids is 1. The summed E-state index contributed by atoms with van der Waals surface area (Å²) in [7, 11) is 0. The van der Waals surface area contributed by atoms with Crippen LogP contribution in [0.15, 0.2) is 141 Å². The van der Waals surface area contributed by atoms with E-state index in [0.29, 0.717) is 17.1 Å². The van der Waals surface area contributed by atoms with E-state index in [1.807, 2.05) is 60.7 Å². The maximum Gasteiger partial charge on any atom is 0.339 e. The molecule has 5 unspecified atom stereocenters. The number of ether oxygens (including phenoxy) is 5. The SMILES string of the molecule is C=CC(=O)CCC(COc1ccc2c(c1)C1(c3ccccc3-2)c2ccccc2-c2ccc(OCC(COC(=O)C=C)OC(=O)C3CC=CCC3C(=O)O)cc21)OC(=O)c1ccc(C)cc1C(=O)O. The second-order valence-corrected chi connectivity index (χ2v) is 16.9. The Balaban J connectivity index is 1.12. The van der Waals surface area contributed by atoms with E-state index in [-0.39, 0.29) is 62.4 Å². The number of carboxylic acid groups (broad SMARTS) is 2. The first-order valence-corrected chi connectivity index (χ1v) is 22.2. The van der Waals surface area contributed by atoms with Gasteiger partial charge in [0.15, 0.2) is 11.9 Å². The maximum atomic E-state index is 13.5. The van der Waals surface area contributed by atoms with Gasteiger partial charge >= 0.3 is 29.8 Å². The second-order valence-electron chi connectivity index (χ2n) is 16.9. The van der Waals surface area contributed by atoms with Crippen LogP contribution in [0.25, 0.3) is 22.3 Å². The van der Waals surface area contributed by atoms with Gasteiger partial charge in [0.1, 0.15) is 37.4 Å². The number of carbonyl (C=O) groups excluding carboxylic acids is 4. The number of carboxylic acids is 2. The van der Waals surface area contributed by atoms with Crippen molar-refractivity contribution in [3.8, 4) is 33.8 Å². The van der Waals surface area contributed by atoms with Crippen LogP contribution in [-0.4, -0.2) is 77.9 Å². The minimum absolute atomic E-state index is 0.0114. The monoisotopic (exact) mass is 916 g/mol. The maximum absolute atomic E-state index is 13.5. The van der Waals surface area contributed by atoms with Crippen LogP contribution in [-0.2, 0) is 38.8 Å². The number of hydrogen-bond donors (Lipinski definition) is 2. The highest BCUT2D eigenvalue weighted by atomic mass is 16.6. The van der Waals surface area contributed by atoms with Crippen molar-refractivity contribution < 1.29 is 62.7 Å². The van der Waals surface area contributed by atoms with E-state index in [9.17, 15) is 39.0 Å². The average Bonchev–Trinajstić information content (AvgIpc) is 3.81. The van der Waals surface area contributed by atoms with Gasteiger partial charge in [-0.15, -0.1) is 0 Å². The zero-order chi connectivity index (χ0) is 48.1. The summed E-state index contributed by atoms with van der Waals surface area (Å²) in [6.07, 6.45) is 4.09. The number of aryl methyl sites for hydroxylation is 1. The largest absolute Gasteiger partial charge is 0.490 e. The summed E-state index contributed by atoms with van der Waals surface area (Å²) in [5.41, 5.74) is 7.16. The molecule has 13 nitrogen and oxygen atoms in total. The topological polar surface area (TPSA) is 189 Å². The number of carbonyl (C=O) groups is 6. The first-order chi connectivity index (χ1) is 32.8. The standard InChI is InChI=1S/C55H48O13/c1-4-33(56)19-20-36(67-54(63)44-23-18-32(3)26-45(44)52(60)61)29-64-34-21-24-40-38-12-8-10-16-46(38)55(48(40)27-34)47-17-11-9-13-39(47)41-25-22-35(28-49(41)55)65-30-37(31-66-50(57)5-2)68-53(62)43-15-7-6-14-42(43)51(58)59/h4-13,16-18,21-28,36-37,42-43H,1-2,14-15,19-20,29-31H2,3H3,(H,58,59)(H,60,61). The van der Waals surface area contributed by atoms with Gasteiger partial charge in [0.25, 0.3) is 0 Å².